The zero-order valence-corrected chi connectivity index (χ0v) is 18.1. The Hall–Kier alpha value is -3.63. The van der Waals surface area contributed by atoms with E-state index in [1.807, 2.05) is 0 Å². The van der Waals surface area contributed by atoms with Crippen LogP contribution in [-0.4, -0.2) is 50.5 Å². The molecule has 11 heteroatoms. The molecule has 1 aromatic carbocycles. The van der Waals surface area contributed by atoms with Gasteiger partial charge in [0.15, 0.2) is 0 Å². The quantitative estimate of drug-likeness (QED) is 0.531. The number of aryl methyl sites for hydroxylation is 1. The van der Waals surface area contributed by atoms with Gasteiger partial charge in [-0.2, -0.15) is 17.6 Å². The van der Waals surface area contributed by atoms with Gasteiger partial charge >= 0.3 is 11.8 Å². The van der Waals surface area contributed by atoms with E-state index in [2.05, 4.69) is 4.98 Å². The number of halogens is 4. The molecule has 34 heavy (non-hydrogen) atoms. The number of pyridine rings is 1. The zero-order chi connectivity index (χ0) is 24.3. The normalized spacial score (nSPS) is 18.0. The van der Waals surface area contributed by atoms with Crippen molar-refractivity contribution in [1.82, 2.24) is 19.0 Å². The molecule has 0 unspecified atom stereocenters. The second-order valence-electron chi connectivity index (χ2n) is 8.37. The van der Waals surface area contributed by atoms with E-state index in [4.69, 9.17) is 4.74 Å². The number of aromatic nitrogens is 3. The first-order chi connectivity index (χ1) is 16.1. The molecule has 0 radical (unpaired) electrons. The van der Waals surface area contributed by atoms with Crippen molar-refractivity contribution in [2.75, 3.05) is 19.7 Å². The molecule has 0 spiro atoms. The van der Waals surface area contributed by atoms with Gasteiger partial charge in [-0.15, -0.1) is 0 Å². The summed E-state index contributed by atoms with van der Waals surface area (Å²) in [6, 6.07) is 6.94. The van der Waals surface area contributed by atoms with Gasteiger partial charge in [-0.1, -0.05) is 12.1 Å². The molecule has 2 aliphatic rings. The first kappa shape index (κ1) is 22.2. The molecule has 1 amide bonds. The van der Waals surface area contributed by atoms with Gasteiger partial charge in [0, 0.05) is 25.7 Å². The summed E-state index contributed by atoms with van der Waals surface area (Å²) in [6.07, 6.45) is 2.17. The molecular weight excluding hydrogens is 456 g/mol. The number of alkyl halides is 4. The summed E-state index contributed by atoms with van der Waals surface area (Å²) in [4.78, 5) is 31.3. The van der Waals surface area contributed by atoms with Crippen molar-refractivity contribution in [3.8, 4) is 11.4 Å². The molecule has 0 N–H and O–H groups in total. The molecule has 3 heterocycles. The lowest BCUT2D eigenvalue weighted by molar-refractivity contribution is -0.203. The van der Waals surface area contributed by atoms with E-state index in [0.29, 0.717) is 5.69 Å². The van der Waals surface area contributed by atoms with Crippen molar-refractivity contribution in [2.45, 2.75) is 31.7 Å². The number of hydrogen-bond donors (Lipinski definition) is 0. The lowest BCUT2D eigenvalue weighted by atomic mass is 10.1. The Labute approximate surface area is 191 Å². The van der Waals surface area contributed by atoms with Crippen LogP contribution in [-0.2, 0) is 18.9 Å². The molecule has 0 atom stereocenters. The predicted molar refractivity (Wildman–Crippen MR) is 113 cm³/mol. The van der Waals surface area contributed by atoms with Gasteiger partial charge in [-0.05, 0) is 30.7 Å². The van der Waals surface area contributed by atoms with E-state index in [1.54, 1.807) is 29.8 Å². The van der Waals surface area contributed by atoms with E-state index in [1.165, 1.54) is 34.0 Å². The summed E-state index contributed by atoms with van der Waals surface area (Å²) in [5.74, 6) is -9.23. The molecule has 0 saturated heterocycles. The maximum atomic E-state index is 14.2. The van der Waals surface area contributed by atoms with Gasteiger partial charge in [-0.3, -0.25) is 9.59 Å². The third-order valence-electron chi connectivity index (χ3n) is 6.16. The molecule has 0 saturated carbocycles. The highest BCUT2D eigenvalue weighted by Gasteiger charge is 2.64. The molecule has 3 aromatic rings. The summed E-state index contributed by atoms with van der Waals surface area (Å²) >= 11 is 0. The van der Waals surface area contributed by atoms with Crippen molar-refractivity contribution < 1.29 is 27.1 Å². The summed E-state index contributed by atoms with van der Waals surface area (Å²) in [6.45, 7) is 2.13. The Morgan fingerprint density at radius 1 is 1.09 bits per heavy atom. The number of benzene rings is 1. The highest BCUT2D eigenvalue weighted by atomic mass is 19.3. The average Bonchev–Trinajstić information content (AvgIpc) is 3.28. The molecule has 1 aliphatic carbocycles. The SMILES string of the molecule is Cc1cn(-c2ccc3n(c2=O)CCN(CCOc2cccc4c2C(F)(F)C(F)(F)C4)C3=O)cn1. The number of ether oxygens (including phenoxy) is 1. The summed E-state index contributed by atoms with van der Waals surface area (Å²) < 4.78 is 64.5. The third-order valence-corrected chi connectivity index (χ3v) is 6.16. The molecule has 7 nitrogen and oxygen atoms in total. The van der Waals surface area contributed by atoms with Crippen LogP contribution in [0.1, 0.15) is 27.3 Å². The van der Waals surface area contributed by atoms with E-state index in [-0.39, 0.29) is 48.8 Å². The van der Waals surface area contributed by atoms with Crippen LogP contribution in [0, 0.1) is 6.92 Å². The van der Waals surface area contributed by atoms with Crippen molar-refractivity contribution in [3.63, 3.8) is 0 Å². The molecule has 5 rings (SSSR count). The van der Waals surface area contributed by atoms with Crippen LogP contribution < -0.4 is 10.3 Å². The number of hydrogen-bond acceptors (Lipinski definition) is 4. The molecular formula is C23H20F4N4O3. The Kier molecular flexibility index (Phi) is 5.03. The van der Waals surface area contributed by atoms with Crippen LogP contribution in [0.25, 0.3) is 5.69 Å². The monoisotopic (exact) mass is 476 g/mol. The fourth-order valence-electron chi connectivity index (χ4n) is 4.42. The molecule has 1 aliphatic heterocycles. The number of nitrogens with zero attached hydrogens (tertiary/aromatic N) is 4. The summed E-state index contributed by atoms with van der Waals surface area (Å²) in [7, 11) is 0. The largest absolute Gasteiger partial charge is 0.491 e. The van der Waals surface area contributed by atoms with Gasteiger partial charge in [-0.25, -0.2) is 4.98 Å². The maximum Gasteiger partial charge on any atom is 0.339 e. The molecule has 0 fully saturated rings. The minimum absolute atomic E-state index is 0.0428. The van der Waals surface area contributed by atoms with Gasteiger partial charge in [0.25, 0.3) is 11.5 Å². The fourth-order valence-corrected chi connectivity index (χ4v) is 4.42. The standard InChI is InChI=1S/C23H20F4N4O3/c1-14-12-30(13-28-14)16-5-6-17-20(32)29(7-8-31(17)21(16)33)9-10-34-18-4-2-3-15-11-22(24,25)23(26,27)19(15)18/h2-6,12-13H,7-11H2,1H3. The topological polar surface area (TPSA) is 69.4 Å². The van der Waals surface area contributed by atoms with Crippen LogP contribution in [0.4, 0.5) is 17.6 Å². The zero-order valence-electron chi connectivity index (χ0n) is 18.1. The number of carbonyl (C=O) groups is 1. The Morgan fingerprint density at radius 3 is 2.62 bits per heavy atom. The molecule has 0 bridgehead atoms. The van der Waals surface area contributed by atoms with Gasteiger partial charge < -0.3 is 18.8 Å². The van der Waals surface area contributed by atoms with Gasteiger partial charge in [0.05, 0.1) is 24.1 Å². The first-order valence-corrected chi connectivity index (χ1v) is 10.6. The molecule has 178 valence electrons. The number of imidazole rings is 1. The lowest BCUT2D eigenvalue weighted by Gasteiger charge is -2.30. The van der Waals surface area contributed by atoms with Crippen molar-refractivity contribution in [3.05, 3.63) is 75.7 Å². The second kappa shape index (κ2) is 7.71. The smallest absolute Gasteiger partial charge is 0.339 e. The Bertz CT molecular complexity index is 1350. The highest BCUT2D eigenvalue weighted by Crippen LogP contribution is 2.54. The van der Waals surface area contributed by atoms with E-state index in [0.717, 1.165) is 5.69 Å². The average molecular weight is 476 g/mol. The van der Waals surface area contributed by atoms with Gasteiger partial charge in [0.1, 0.15) is 23.7 Å². The highest BCUT2D eigenvalue weighted by molar-refractivity contribution is 5.93. The predicted octanol–water partition coefficient (Wildman–Crippen LogP) is 3.16. The minimum Gasteiger partial charge on any atom is -0.491 e. The van der Waals surface area contributed by atoms with Crippen molar-refractivity contribution >= 4 is 5.91 Å². The first-order valence-electron chi connectivity index (χ1n) is 10.6. The van der Waals surface area contributed by atoms with Crippen LogP contribution in [0.3, 0.4) is 0 Å². The van der Waals surface area contributed by atoms with Crippen LogP contribution in [0.2, 0.25) is 0 Å². The number of amides is 1. The second-order valence-corrected chi connectivity index (χ2v) is 8.37. The number of rotatable bonds is 5. The van der Waals surface area contributed by atoms with E-state index < -0.39 is 29.7 Å². The van der Waals surface area contributed by atoms with Crippen LogP contribution >= 0.6 is 0 Å². The van der Waals surface area contributed by atoms with E-state index in [9.17, 15) is 27.2 Å². The minimum atomic E-state index is -4.33. The Morgan fingerprint density at radius 2 is 1.88 bits per heavy atom. The summed E-state index contributed by atoms with van der Waals surface area (Å²) in [5.41, 5.74) is 0.0214. The van der Waals surface area contributed by atoms with Crippen molar-refractivity contribution in [2.24, 2.45) is 0 Å². The fraction of sp³-hybridized carbons (Fsp3) is 0.348. The number of carbonyl (C=O) groups excluding carboxylic acids is 1. The molecule has 2 aromatic heterocycles. The third kappa shape index (κ3) is 3.37. The number of fused-ring (bicyclic) bond motifs is 2. The van der Waals surface area contributed by atoms with Crippen LogP contribution in [0.5, 0.6) is 5.75 Å². The Balaban J connectivity index is 1.30. The summed E-state index contributed by atoms with van der Waals surface area (Å²) in [5, 5.41) is 0. The maximum absolute atomic E-state index is 14.2. The van der Waals surface area contributed by atoms with Gasteiger partial charge in [0.2, 0.25) is 0 Å². The lowest BCUT2D eigenvalue weighted by Crippen LogP contribution is -2.46. The van der Waals surface area contributed by atoms with Crippen molar-refractivity contribution in [1.29, 1.82) is 0 Å². The van der Waals surface area contributed by atoms with E-state index >= 15 is 0 Å². The van der Waals surface area contributed by atoms with Crippen LogP contribution in [0.15, 0.2) is 47.7 Å².